The molecule has 1 saturated heterocycles. The van der Waals surface area contributed by atoms with Gasteiger partial charge in [-0.1, -0.05) is 13.8 Å². The maximum atomic E-state index is 5.37. The predicted molar refractivity (Wildman–Crippen MR) is 70.0 cm³/mol. The lowest BCUT2D eigenvalue weighted by molar-refractivity contribution is 0.0742. The molecule has 3 nitrogen and oxygen atoms in total. The third-order valence-electron chi connectivity index (χ3n) is 4.00. The van der Waals surface area contributed by atoms with Crippen molar-refractivity contribution in [3.05, 3.63) is 23.7 Å². The van der Waals surface area contributed by atoms with Crippen molar-refractivity contribution >= 4 is 0 Å². The second-order valence-corrected chi connectivity index (χ2v) is 5.89. The van der Waals surface area contributed by atoms with Gasteiger partial charge in [0, 0.05) is 24.7 Å². The van der Waals surface area contributed by atoms with Crippen LogP contribution in [0.15, 0.2) is 16.7 Å². The molecule has 1 N–H and O–H groups in total. The van der Waals surface area contributed by atoms with Crippen LogP contribution in [0.3, 0.4) is 0 Å². The van der Waals surface area contributed by atoms with Gasteiger partial charge in [-0.3, -0.25) is 4.90 Å². The fourth-order valence-corrected chi connectivity index (χ4v) is 2.93. The molecule has 3 heteroatoms. The minimum atomic E-state index is 0.338. The molecule has 96 valence electrons. The van der Waals surface area contributed by atoms with E-state index in [1.165, 1.54) is 12.0 Å². The van der Waals surface area contributed by atoms with E-state index < -0.39 is 0 Å². The summed E-state index contributed by atoms with van der Waals surface area (Å²) in [6.07, 6.45) is 3.01. The first-order chi connectivity index (χ1) is 8.00. The molecule has 0 aromatic carbocycles. The minimum Gasteiger partial charge on any atom is -0.469 e. The first-order valence-electron chi connectivity index (χ1n) is 6.44. The Morgan fingerprint density at radius 1 is 1.53 bits per heavy atom. The summed E-state index contributed by atoms with van der Waals surface area (Å²) in [5.74, 6) is 1.04. The molecule has 0 amide bonds. The number of piperidine rings is 1. The molecule has 17 heavy (non-hydrogen) atoms. The fraction of sp³-hybridized carbons (Fsp3) is 0.714. The number of rotatable bonds is 3. The normalized spacial score (nSPS) is 24.2. The van der Waals surface area contributed by atoms with Crippen molar-refractivity contribution in [2.24, 2.45) is 5.41 Å². The van der Waals surface area contributed by atoms with E-state index in [4.69, 9.17) is 4.42 Å². The molecular formula is C14H24N2O. The van der Waals surface area contributed by atoms with Crippen LogP contribution in [0.4, 0.5) is 0 Å². The highest BCUT2D eigenvalue weighted by molar-refractivity contribution is 5.15. The lowest BCUT2D eigenvalue weighted by Crippen LogP contribution is -2.53. The topological polar surface area (TPSA) is 28.4 Å². The van der Waals surface area contributed by atoms with Crippen LogP contribution in [0.1, 0.15) is 31.6 Å². The van der Waals surface area contributed by atoms with Crippen molar-refractivity contribution in [2.75, 3.05) is 20.1 Å². The maximum Gasteiger partial charge on any atom is 0.105 e. The summed E-state index contributed by atoms with van der Waals surface area (Å²) in [4.78, 5) is 2.47. The van der Waals surface area contributed by atoms with Gasteiger partial charge < -0.3 is 9.73 Å². The highest BCUT2D eigenvalue weighted by Gasteiger charge is 2.34. The third-order valence-corrected chi connectivity index (χ3v) is 4.00. The van der Waals surface area contributed by atoms with Gasteiger partial charge in [0.15, 0.2) is 0 Å². The molecule has 0 saturated carbocycles. The van der Waals surface area contributed by atoms with Crippen LogP contribution in [-0.4, -0.2) is 31.1 Å². The Hall–Kier alpha value is -0.800. The first-order valence-corrected chi connectivity index (χ1v) is 6.44. The Balaban J connectivity index is 2.04. The smallest absolute Gasteiger partial charge is 0.105 e. The van der Waals surface area contributed by atoms with Gasteiger partial charge in [0.25, 0.3) is 0 Å². The molecule has 1 aromatic heterocycles. The van der Waals surface area contributed by atoms with Crippen LogP contribution >= 0.6 is 0 Å². The van der Waals surface area contributed by atoms with Gasteiger partial charge in [0.2, 0.25) is 0 Å². The Morgan fingerprint density at radius 3 is 2.88 bits per heavy atom. The minimum absolute atomic E-state index is 0.338. The molecule has 1 aromatic rings. The Kier molecular flexibility index (Phi) is 3.59. The van der Waals surface area contributed by atoms with E-state index in [1.54, 1.807) is 6.26 Å². The largest absolute Gasteiger partial charge is 0.469 e. The number of nitrogens with zero attached hydrogens (tertiary/aromatic N) is 1. The number of hydrogen-bond donors (Lipinski definition) is 1. The predicted octanol–water partition coefficient (Wildman–Crippen LogP) is 2.41. The zero-order chi connectivity index (χ0) is 12.5. The zero-order valence-electron chi connectivity index (χ0n) is 11.4. The average molecular weight is 236 g/mol. The van der Waals surface area contributed by atoms with E-state index in [2.05, 4.69) is 37.2 Å². The van der Waals surface area contributed by atoms with Crippen molar-refractivity contribution < 1.29 is 4.42 Å². The number of nitrogens with one attached hydrogen (secondary N) is 1. The van der Waals surface area contributed by atoms with E-state index in [1.807, 2.05) is 6.92 Å². The van der Waals surface area contributed by atoms with Crippen molar-refractivity contribution in [1.29, 1.82) is 0 Å². The monoisotopic (exact) mass is 236 g/mol. The van der Waals surface area contributed by atoms with Crippen LogP contribution in [0, 0.1) is 12.3 Å². The highest BCUT2D eigenvalue weighted by Crippen LogP contribution is 2.30. The van der Waals surface area contributed by atoms with Crippen molar-refractivity contribution in [1.82, 2.24) is 10.2 Å². The second kappa shape index (κ2) is 4.83. The summed E-state index contributed by atoms with van der Waals surface area (Å²) in [5, 5.41) is 3.48. The van der Waals surface area contributed by atoms with Gasteiger partial charge >= 0.3 is 0 Å². The standard InChI is InChI=1S/C14H24N2O/c1-11-12(6-8-17-11)9-16(4)13-5-7-15-10-14(13,2)3/h6,8,13,15H,5,7,9-10H2,1-4H3. The summed E-state index contributed by atoms with van der Waals surface area (Å²) in [6.45, 7) is 9.95. The summed E-state index contributed by atoms with van der Waals surface area (Å²) >= 11 is 0. The van der Waals surface area contributed by atoms with Crippen LogP contribution in [0.2, 0.25) is 0 Å². The van der Waals surface area contributed by atoms with E-state index in [-0.39, 0.29) is 0 Å². The quantitative estimate of drug-likeness (QED) is 0.873. The van der Waals surface area contributed by atoms with Crippen LogP contribution in [0.5, 0.6) is 0 Å². The fourth-order valence-electron chi connectivity index (χ4n) is 2.93. The van der Waals surface area contributed by atoms with E-state index in [9.17, 15) is 0 Å². The summed E-state index contributed by atoms with van der Waals surface area (Å²) in [7, 11) is 2.23. The van der Waals surface area contributed by atoms with Gasteiger partial charge in [-0.25, -0.2) is 0 Å². The second-order valence-electron chi connectivity index (χ2n) is 5.89. The molecule has 0 radical (unpaired) electrons. The molecule has 1 unspecified atom stereocenters. The van der Waals surface area contributed by atoms with Gasteiger partial charge in [-0.2, -0.15) is 0 Å². The average Bonchev–Trinajstić information content (AvgIpc) is 2.63. The van der Waals surface area contributed by atoms with Gasteiger partial charge in [0.05, 0.1) is 6.26 Å². The van der Waals surface area contributed by atoms with Gasteiger partial charge in [-0.05, 0) is 38.4 Å². The highest BCUT2D eigenvalue weighted by atomic mass is 16.3. The number of aryl methyl sites for hydroxylation is 1. The third kappa shape index (κ3) is 2.72. The molecule has 1 aliphatic rings. The van der Waals surface area contributed by atoms with E-state index >= 15 is 0 Å². The molecule has 1 fully saturated rings. The SMILES string of the molecule is Cc1occc1CN(C)C1CCNCC1(C)C. The first kappa shape index (κ1) is 12.7. The van der Waals surface area contributed by atoms with Crippen molar-refractivity contribution in [3.8, 4) is 0 Å². The van der Waals surface area contributed by atoms with Crippen molar-refractivity contribution in [3.63, 3.8) is 0 Å². The lowest BCUT2D eigenvalue weighted by Gasteiger charge is -2.44. The van der Waals surface area contributed by atoms with Crippen LogP contribution in [-0.2, 0) is 6.54 Å². The van der Waals surface area contributed by atoms with Crippen LogP contribution in [0.25, 0.3) is 0 Å². The van der Waals surface area contributed by atoms with Crippen LogP contribution < -0.4 is 5.32 Å². The van der Waals surface area contributed by atoms with Crippen molar-refractivity contribution in [2.45, 2.75) is 39.8 Å². The Labute approximate surface area is 104 Å². The molecule has 0 spiro atoms. The number of hydrogen-bond acceptors (Lipinski definition) is 3. The molecule has 1 atom stereocenters. The summed E-state index contributed by atoms with van der Waals surface area (Å²) < 4.78 is 5.37. The maximum absolute atomic E-state index is 5.37. The molecule has 1 aliphatic heterocycles. The van der Waals surface area contributed by atoms with Gasteiger partial charge in [0.1, 0.15) is 5.76 Å². The molecule has 2 heterocycles. The molecule has 0 aliphatic carbocycles. The Bertz CT molecular complexity index is 370. The van der Waals surface area contributed by atoms with Gasteiger partial charge in [-0.15, -0.1) is 0 Å². The van der Waals surface area contributed by atoms with E-state index in [0.29, 0.717) is 11.5 Å². The zero-order valence-corrected chi connectivity index (χ0v) is 11.4. The molecule has 2 rings (SSSR count). The van der Waals surface area contributed by atoms with E-state index in [0.717, 1.165) is 25.4 Å². The Morgan fingerprint density at radius 2 is 2.29 bits per heavy atom. The number of furan rings is 1. The molecular weight excluding hydrogens is 212 g/mol. The molecule has 0 bridgehead atoms. The summed E-state index contributed by atoms with van der Waals surface area (Å²) in [6, 6.07) is 2.72. The lowest BCUT2D eigenvalue weighted by atomic mass is 9.79. The summed E-state index contributed by atoms with van der Waals surface area (Å²) in [5.41, 5.74) is 1.65.